The van der Waals surface area contributed by atoms with Crippen LogP contribution in [0.15, 0.2) is 48.5 Å². The average molecular weight is 403 g/mol. The van der Waals surface area contributed by atoms with Gasteiger partial charge in [0.05, 0.1) is 12.1 Å². The monoisotopic (exact) mass is 403 g/mol. The van der Waals surface area contributed by atoms with Gasteiger partial charge in [-0.3, -0.25) is 9.59 Å². The highest BCUT2D eigenvalue weighted by molar-refractivity contribution is 5.99. The van der Waals surface area contributed by atoms with E-state index in [0.29, 0.717) is 17.1 Å². The summed E-state index contributed by atoms with van der Waals surface area (Å²) in [5.74, 6) is 0.284. The number of anilines is 2. The molecule has 1 unspecified atom stereocenters. The summed E-state index contributed by atoms with van der Waals surface area (Å²) in [6.07, 6.45) is -0.260. The molecule has 1 aliphatic rings. The molecule has 6 heteroatoms. The lowest BCUT2D eigenvalue weighted by Gasteiger charge is -2.23. The molecule has 0 fully saturated rings. The molecule has 2 amide bonds. The van der Waals surface area contributed by atoms with Gasteiger partial charge in [-0.1, -0.05) is 17.7 Å². The molecule has 4 rings (SSSR count). The van der Waals surface area contributed by atoms with Crippen molar-refractivity contribution < 1.29 is 14.3 Å². The summed E-state index contributed by atoms with van der Waals surface area (Å²) < 4.78 is 7.71. The number of benzene rings is 2. The molecule has 0 saturated carbocycles. The highest BCUT2D eigenvalue weighted by atomic mass is 16.5. The van der Waals surface area contributed by atoms with Gasteiger partial charge in [-0.2, -0.15) is 0 Å². The van der Waals surface area contributed by atoms with Gasteiger partial charge in [0.15, 0.2) is 6.10 Å². The van der Waals surface area contributed by atoms with Crippen molar-refractivity contribution in [2.45, 2.75) is 40.2 Å². The van der Waals surface area contributed by atoms with Crippen molar-refractivity contribution in [3.8, 4) is 11.4 Å². The smallest absolute Gasteiger partial charge is 0.265 e. The van der Waals surface area contributed by atoms with Gasteiger partial charge in [-0.15, -0.1) is 0 Å². The standard InChI is InChI=1S/C24H25N3O3/c1-14-5-8-20(9-6-14)27-15(2)11-18(16(27)3)12-23(28)25-19-7-10-22-21(13-19)26-24(29)17(4)30-22/h5-11,13,17H,12H2,1-4H3,(H,25,28)(H,26,29). The molecule has 154 valence electrons. The Morgan fingerprint density at radius 3 is 2.57 bits per heavy atom. The van der Waals surface area contributed by atoms with Gasteiger partial charge in [0, 0.05) is 22.8 Å². The number of hydrogen-bond donors (Lipinski definition) is 2. The molecule has 3 aromatic rings. The third kappa shape index (κ3) is 3.81. The van der Waals surface area contributed by atoms with Gasteiger partial charge >= 0.3 is 0 Å². The second kappa shape index (κ2) is 7.71. The summed E-state index contributed by atoms with van der Waals surface area (Å²) in [4.78, 5) is 24.5. The number of nitrogens with zero attached hydrogens (tertiary/aromatic N) is 1. The predicted molar refractivity (Wildman–Crippen MR) is 117 cm³/mol. The third-order valence-corrected chi connectivity index (χ3v) is 5.37. The number of hydrogen-bond acceptors (Lipinski definition) is 3. The number of ether oxygens (including phenoxy) is 1. The molecule has 6 nitrogen and oxygen atoms in total. The van der Waals surface area contributed by atoms with Crippen LogP contribution in [0.5, 0.6) is 5.75 Å². The minimum atomic E-state index is -0.526. The number of amides is 2. The van der Waals surface area contributed by atoms with E-state index >= 15 is 0 Å². The van der Waals surface area contributed by atoms with Crippen molar-refractivity contribution in [2.75, 3.05) is 10.6 Å². The van der Waals surface area contributed by atoms with Crippen LogP contribution in [0.25, 0.3) is 5.69 Å². The fourth-order valence-electron chi connectivity index (χ4n) is 3.76. The Kier molecular flexibility index (Phi) is 5.08. The van der Waals surface area contributed by atoms with Gasteiger partial charge in [0.25, 0.3) is 5.91 Å². The molecule has 1 aliphatic heterocycles. The SMILES string of the molecule is Cc1ccc(-n2c(C)cc(CC(=O)Nc3ccc4c(c3)NC(=O)C(C)O4)c2C)cc1. The summed E-state index contributed by atoms with van der Waals surface area (Å²) in [7, 11) is 0. The van der Waals surface area contributed by atoms with E-state index in [1.807, 2.05) is 13.8 Å². The van der Waals surface area contributed by atoms with Crippen LogP contribution in [0.1, 0.15) is 29.4 Å². The second-order valence-corrected chi connectivity index (χ2v) is 7.75. The van der Waals surface area contributed by atoms with E-state index < -0.39 is 6.10 Å². The number of carbonyl (C=O) groups excluding carboxylic acids is 2. The minimum absolute atomic E-state index is 0.115. The zero-order chi connectivity index (χ0) is 21.4. The molecule has 0 radical (unpaired) electrons. The van der Waals surface area contributed by atoms with Crippen molar-refractivity contribution in [2.24, 2.45) is 0 Å². The molecule has 0 bridgehead atoms. The normalized spacial score (nSPS) is 15.2. The first-order chi connectivity index (χ1) is 14.3. The summed E-state index contributed by atoms with van der Waals surface area (Å²) in [5.41, 5.74) is 6.59. The van der Waals surface area contributed by atoms with Crippen molar-refractivity contribution in [3.05, 3.63) is 71.0 Å². The third-order valence-electron chi connectivity index (χ3n) is 5.37. The molecule has 30 heavy (non-hydrogen) atoms. The molecule has 2 N–H and O–H groups in total. The minimum Gasteiger partial charge on any atom is -0.479 e. The van der Waals surface area contributed by atoms with Crippen LogP contribution in [0.3, 0.4) is 0 Å². The van der Waals surface area contributed by atoms with E-state index in [9.17, 15) is 9.59 Å². The molecule has 0 aliphatic carbocycles. The molecule has 1 atom stereocenters. The van der Waals surface area contributed by atoms with Crippen LogP contribution in [-0.4, -0.2) is 22.5 Å². The Morgan fingerprint density at radius 2 is 1.83 bits per heavy atom. The lowest BCUT2D eigenvalue weighted by molar-refractivity contribution is -0.122. The molecule has 0 saturated heterocycles. The summed E-state index contributed by atoms with van der Waals surface area (Å²) >= 11 is 0. The van der Waals surface area contributed by atoms with Gasteiger partial charge in [-0.05, 0) is 69.7 Å². The molecule has 2 aromatic carbocycles. The van der Waals surface area contributed by atoms with Crippen molar-refractivity contribution in [1.82, 2.24) is 4.57 Å². The Hall–Kier alpha value is -3.54. The Bertz CT molecular complexity index is 1130. The second-order valence-electron chi connectivity index (χ2n) is 7.75. The number of fused-ring (bicyclic) bond motifs is 1. The zero-order valence-corrected chi connectivity index (χ0v) is 17.6. The van der Waals surface area contributed by atoms with Crippen molar-refractivity contribution in [1.29, 1.82) is 0 Å². The summed E-state index contributed by atoms with van der Waals surface area (Å²) in [6.45, 7) is 7.83. The fourth-order valence-corrected chi connectivity index (χ4v) is 3.76. The van der Waals surface area contributed by atoms with Crippen LogP contribution >= 0.6 is 0 Å². The van der Waals surface area contributed by atoms with Gasteiger partial charge in [0.1, 0.15) is 5.75 Å². The largest absolute Gasteiger partial charge is 0.479 e. The van der Waals surface area contributed by atoms with Crippen LogP contribution in [-0.2, 0) is 16.0 Å². The molecular formula is C24H25N3O3. The molecular weight excluding hydrogens is 378 g/mol. The van der Waals surface area contributed by atoms with E-state index in [-0.39, 0.29) is 18.2 Å². The van der Waals surface area contributed by atoms with E-state index in [0.717, 1.165) is 22.6 Å². The maximum absolute atomic E-state index is 12.7. The quantitative estimate of drug-likeness (QED) is 0.682. The lowest BCUT2D eigenvalue weighted by Crippen LogP contribution is -2.34. The first-order valence-electron chi connectivity index (χ1n) is 9.98. The van der Waals surface area contributed by atoms with Gasteiger partial charge < -0.3 is 19.9 Å². The van der Waals surface area contributed by atoms with Gasteiger partial charge in [-0.25, -0.2) is 0 Å². The molecule has 2 heterocycles. The first-order valence-corrected chi connectivity index (χ1v) is 9.98. The fraction of sp³-hybridized carbons (Fsp3) is 0.250. The van der Waals surface area contributed by atoms with Crippen LogP contribution in [0.4, 0.5) is 11.4 Å². The topological polar surface area (TPSA) is 72.4 Å². The molecule has 1 aromatic heterocycles. The van der Waals surface area contributed by atoms with E-state index in [4.69, 9.17) is 4.74 Å². The zero-order valence-electron chi connectivity index (χ0n) is 17.6. The lowest BCUT2D eigenvalue weighted by atomic mass is 10.1. The number of nitrogens with one attached hydrogen (secondary N) is 2. The highest BCUT2D eigenvalue weighted by Crippen LogP contribution is 2.32. The summed E-state index contributed by atoms with van der Waals surface area (Å²) in [5, 5.41) is 5.71. The van der Waals surface area contributed by atoms with Crippen molar-refractivity contribution in [3.63, 3.8) is 0 Å². The Labute approximate surface area is 175 Å². The predicted octanol–water partition coefficient (Wildman–Crippen LogP) is 4.30. The maximum atomic E-state index is 12.7. The van der Waals surface area contributed by atoms with Crippen LogP contribution in [0, 0.1) is 20.8 Å². The Morgan fingerprint density at radius 1 is 1.10 bits per heavy atom. The van der Waals surface area contributed by atoms with E-state index in [1.54, 1.807) is 25.1 Å². The number of aryl methyl sites for hydroxylation is 2. The van der Waals surface area contributed by atoms with E-state index in [2.05, 4.69) is 52.5 Å². The molecule has 0 spiro atoms. The van der Waals surface area contributed by atoms with Crippen LogP contribution < -0.4 is 15.4 Å². The maximum Gasteiger partial charge on any atom is 0.265 e. The van der Waals surface area contributed by atoms with Crippen LogP contribution in [0.2, 0.25) is 0 Å². The number of rotatable bonds is 4. The van der Waals surface area contributed by atoms with E-state index in [1.165, 1.54) is 5.56 Å². The first kappa shape index (κ1) is 19.8. The highest BCUT2D eigenvalue weighted by Gasteiger charge is 2.23. The van der Waals surface area contributed by atoms with Gasteiger partial charge in [0.2, 0.25) is 5.91 Å². The Balaban J connectivity index is 1.50. The van der Waals surface area contributed by atoms with Crippen molar-refractivity contribution >= 4 is 23.2 Å². The summed E-state index contributed by atoms with van der Waals surface area (Å²) in [6, 6.07) is 15.6. The number of aromatic nitrogens is 1. The number of carbonyl (C=O) groups is 2. The average Bonchev–Trinajstić information content (AvgIpc) is 2.97.